The van der Waals surface area contributed by atoms with E-state index in [1.165, 1.54) is 43.4 Å². The van der Waals surface area contributed by atoms with Gasteiger partial charge in [-0.3, -0.25) is 0 Å². The molecule has 0 saturated heterocycles. The number of hydrogen-bond acceptors (Lipinski definition) is 2. The molecule has 196 valence electrons. The van der Waals surface area contributed by atoms with Gasteiger partial charge in [0.25, 0.3) is 0 Å². The second kappa shape index (κ2) is 10.1. The van der Waals surface area contributed by atoms with Gasteiger partial charge in [0.05, 0.1) is 11.4 Å². The van der Waals surface area contributed by atoms with E-state index in [0.717, 1.165) is 33.9 Å². The van der Waals surface area contributed by atoms with Crippen molar-refractivity contribution in [1.29, 1.82) is 0 Å². The molecule has 0 spiro atoms. The minimum Gasteiger partial charge on any atom is -0.228 e. The van der Waals surface area contributed by atoms with Crippen molar-refractivity contribution in [3.05, 3.63) is 158 Å². The van der Waals surface area contributed by atoms with E-state index in [-0.39, 0.29) is 0 Å². The monoisotopic (exact) mass is 534 g/mol. The summed E-state index contributed by atoms with van der Waals surface area (Å²) in [5, 5.41) is 7.25. The number of rotatable bonds is 4. The molecule has 0 amide bonds. The lowest BCUT2D eigenvalue weighted by Crippen LogP contribution is -1.97. The topological polar surface area (TPSA) is 25.8 Å². The van der Waals surface area contributed by atoms with Crippen molar-refractivity contribution < 1.29 is 0 Å². The molecule has 0 fully saturated rings. The number of hydrogen-bond donors (Lipinski definition) is 0. The summed E-state index contributed by atoms with van der Waals surface area (Å²) in [6.07, 6.45) is 0. The number of fused-ring (bicyclic) bond motifs is 4. The fourth-order valence-corrected chi connectivity index (χ4v) is 6.01. The molecular weight excluding hydrogens is 508 g/mol. The third-order valence-corrected chi connectivity index (χ3v) is 8.05. The molecule has 8 aromatic rings. The maximum atomic E-state index is 5.26. The Bertz CT molecular complexity index is 2220. The van der Waals surface area contributed by atoms with E-state index in [0.29, 0.717) is 0 Å². The Labute approximate surface area is 244 Å². The molecule has 0 aliphatic carbocycles. The first-order valence-corrected chi connectivity index (χ1v) is 14.3. The van der Waals surface area contributed by atoms with Gasteiger partial charge in [-0.2, -0.15) is 0 Å². The molecule has 0 radical (unpaired) electrons. The molecule has 0 unspecified atom stereocenters. The van der Waals surface area contributed by atoms with Crippen LogP contribution in [0.3, 0.4) is 0 Å². The summed E-state index contributed by atoms with van der Waals surface area (Å²) in [5.74, 6) is 0.719. The van der Waals surface area contributed by atoms with Crippen LogP contribution in [0.1, 0.15) is 0 Å². The SMILES string of the molecule is c1ccc(-c2ccc(-c3cc(-c4c5ccccc5cc5ccc6ccccc6c45)nc(-c4ccccc4)n3)cc2)cc1. The van der Waals surface area contributed by atoms with Gasteiger partial charge in [-0.05, 0) is 55.6 Å². The Morgan fingerprint density at radius 2 is 0.881 bits per heavy atom. The van der Waals surface area contributed by atoms with Gasteiger partial charge in [0.2, 0.25) is 0 Å². The van der Waals surface area contributed by atoms with Crippen LogP contribution in [-0.2, 0) is 0 Å². The van der Waals surface area contributed by atoms with Crippen molar-refractivity contribution >= 4 is 32.3 Å². The smallest absolute Gasteiger partial charge is 0.160 e. The van der Waals surface area contributed by atoms with Gasteiger partial charge in [0.1, 0.15) is 0 Å². The molecular formula is C40H26N2. The Balaban J connectivity index is 1.42. The van der Waals surface area contributed by atoms with Crippen molar-refractivity contribution in [2.75, 3.05) is 0 Å². The van der Waals surface area contributed by atoms with Crippen molar-refractivity contribution in [3.63, 3.8) is 0 Å². The lowest BCUT2D eigenvalue weighted by atomic mass is 9.90. The van der Waals surface area contributed by atoms with Crippen LogP contribution < -0.4 is 0 Å². The minimum atomic E-state index is 0.719. The van der Waals surface area contributed by atoms with Gasteiger partial charge in [-0.25, -0.2) is 9.97 Å². The first-order chi connectivity index (χ1) is 20.8. The third kappa shape index (κ3) is 4.22. The number of aromatic nitrogens is 2. The fraction of sp³-hybridized carbons (Fsp3) is 0. The highest BCUT2D eigenvalue weighted by molar-refractivity contribution is 6.21. The molecule has 1 heterocycles. The summed E-state index contributed by atoms with van der Waals surface area (Å²) >= 11 is 0. The van der Waals surface area contributed by atoms with Gasteiger partial charge >= 0.3 is 0 Å². The summed E-state index contributed by atoms with van der Waals surface area (Å²) in [5.41, 5.74) is 7.40. The van der Waals surface area contributed by atoms with Crippen LogP contribution in [0.15, 0.2) is 158 Å². The number of nitrogens with zero attached hydrogens (tertiary/aromatic N) is 2. The lowest BCUT2D eigenvalue weighted by Gasteiger charge is -2.16. The summed E-state index contributed by atoms with van der Waals surface area (Å²) < 4.78 is 0. The third-order valence-electron chi connectivity index (χ3n) is 8.05. The van der Waals surface area contributed by atoms with Gasteiger partial charge in [-0.1, -0.05) is 146 Å². The highest BCUT2D eigenvalue weighted by Crippen LogP contribution is 2.41. The Morgan fingerprint density at radius 3 is 1.64 bits per heavy atom. The van der Waals surface area contributed by atoms with Crippen LogP contribution in [0.25, 0.3) is 77.3 Å². The molecule has 2 nitrogen and oxygen atoms in total. The molecule has 0 atom stereocenters. The van der Waals surface area contributed by atoms with E-state index in [2.05, 4.69) is 133 Å². The van der Waals surface area contributed by atoms with Gasteiger partial charge in [0.15, 0.2) is 5.82 Å². The molecule has 1 aromatic heterocycles. The van der Waals surface area contributed by atoms with E-state index in [1.54, 1.807) is 0 Å². The fourth-order valence-electron chi connectivity index (χ4n) is 6.01. The largest absolute Gasteiger partial charge is 0.228 e. The molecule has 0 bridgehead atoms. The molecule has 0 saturated carbocycles. The van der Waals surface area contributed by atoms with Crippen LogP contribution in [-0.4, -0.2) is 9.97 Å². The summed E-state index contributed by atoms with van der Waals surface area (Å²) in [4.78, 5) is 10.4. The van der Waals surface area contributed by atoms with E-state index in [9.17, 15) is 0 Å². The zero-order valence-corrected chi connectivity index (χ0v) is 22.9. The average Bonchev–Trinajstić information content (AvgIpc) is 3.08. The van der Waals surface area contributed by atoms with Crippen LogP contribution >= 0.6 is 0 Å². The quantitative estimate of drug-likeness (QED) is 0.166. The first kappa shape index (κ1) is 24.2. The molecule has 7 aromatic carbocycles. The van der Waals surface area contributed by atoms with Crippen LogP contribution in [0.2, 0.25) is 0 Å². The zero-order chi connectivity index (χ0) is 27.9. The van der Waals surface area contributed by atoms with Crippen molar-refractivity contribution in [2.24, 2.45) is 0 Å². The van der Waals surface area contributed by atoms with Crippen molar-refractivity contribution in [1.82, 2.24) is 9.97 Å². The van der Waals surface area contributed by atoms with Crippen LogP contribution in [0.4, 0.5) is 0 Å². The molecule has 0 aliphatic heterocycles. The second-order valence-corrected chi connectivity index (χ2v) is 10.6. The predicted molar refractivity (Wildman–Crippen MR) is 176 cm³/mol. The average molecular weight is 535 g/mol. The normalized spacial score (nSPS) is 11.3. The predicted octanol–water partition coefficient (Wildman–Crippen LogP) is 10.6. The van der Waals surface area contributed by atoms with Crippen LogP contribution in [0.5, 0.6) is 0 Å². The second-order valence-electron chi connectivity index (χ2n) is 10.6. The molecule has 0 aliphatic rings. The van der Waals surface area contributed by atoms with Crippen molar-refractivity contribution in [3.8, 4) is 45.0 Å². The van der Waals surface area contributed by atoms with E-state index in [1.807, 2.05) is 24.3 Å². The van der Waals surface area contributed by atoms with Gasteiger partial charge in [0, 0.05) is 16.7 Å². The van der Waals surface area contributed by atoms with E-state index in [4.69, 9.17) is 9.97 Å². The maximum absolute atomic E-state index is 5.26. The zero-order valence-electron chi connectivity index (χ0n) is 22.9. The molecule has 8 rings (SSSR count). The highest BCUT2D eigenvalue weighted by Gasteiger charge is 2.17. The highest BCUT2D eigenvalue weighted by atomic mass is 14.9. The molecule has 42 heavy (non-hydrogen) atoms. The number of benzene rings is 7. The van der Waals surface area contributed by atoms with Crippen molar-refractivity contribution in [2.45, 2.75) is 0 Å². The van der Waals surface area contributed by atoms with E-state index >= 15 is 0 Å². The summed E-state index contributed by atoms with van der Waals surface area (Å²) in [6, 6.07) is 55.6. The Hall–Kier alpha value is -5.60. The standard InChI is InChI=1S/C40H26N2/c1-3-11-27(12-4-1)28-19-22-30(23-20-28)36-26-37(42-40(41-36)31-14-5-2-6-15-31)39-35-18-10-8-16-32(35)25-33-24-21-29-13-7-9-17-34(29)38(33)39/h1-26H. The first-order valence-electron chi connectivity index (χ1n) is 14.3. The Kier molecular flexibility index (Phi) is 5.82. The molecule has 0 N–H and O–H groups in total. The summed E-state index contributed by atoms with van der Waals surface area (Å²) in [7, 11) is 0. The van der Waals surface area contributed by atoms with Crippen LogP contribution in [0, 0.1) is 0 Å². The lowest BCUT2D eigenvalue weighted by molar-refractivity contribution is 1.19. The van der Waals surface area contributed by atoms with Gasteiger partial charge < -0.3 is 0 Å². The Morgan fingerprint density at radius 1 is 0.333 bits per heavy atom. The van der Waals surface area contributed by atoms with Gasteiger partial charge in [-0.15, -0.1) is 0 Å². The van der Waals surface area contributed by atoms with E-state index < -0.39 is 0 Å². The molecule has 2 heteroatoms. The minimum absolute atomic E-state index is 0.719. The summed E-state index contributed by atoms with van der Waals surface area (Å²) in [6.45, 7) is 0. The maximum Gasteiger partial charge on any atom is 0.160 e.